The van der Waals surface area contributed by atoms with Gasteiger partial charge in [0.05, 0.1) is 24.8 Å². The standard InChI is InChI=1S/C10H9BrClF2NO2/c1-17-8(16)3-5-2-6(10(13)14)9(12)15-7(5)4-11/h2,10H,3-4H2,1H3. The quantitative estimate of drug-likeness (QED) is 0.484. The van der Waals surface area contributed by atoms with E-state index in [9.17, 15) is 13.6 Å². The van der Waals surface area contributed by atoms with Crippen molar-refractivity contribution in [2.45, 2.75) is 18.2 Å². The Morgan fingerprint density at radius 2 is 2.29 bits per heavy atom. The molecule has 0 saturated heterocycles. The fraction of sp³-hybridized carbons (Fsp3) is 0.400. The maximum absolute atomic E-state index is 12.6. The zero-order chi connectivity index (χ0) is 13.0. The molecule has 1 aromatic heterocycles. The van der Waals surface area contributed by atoms with Crippen LogP contribution in [-0.4, -0.2) is 18.1 Å². The van der Waals surface area contributed by atoms with Gasteiger partial charge in [0.2, 0.25) is 0 Å². The summed E-state index contributed by atoms with van der Waals surface area (Å²) in [6, 6.07) is 1.19. The van der Waals surface area contributed by atoms with Crippen LogP contribution in [0.25, 0.3) is 0 Å². The van der Waals surface area contributed by atoms with Gasteiger partial charge in [0, 0.05) is 5.33 Å². The van der Waals surface area contributed by atoms with Crippen molar-refractivity contribution in [3.63, 3.8) is 0 Å². The van der Waals surface area contributed by atoms with E-state index in [1.807, 2.05) is 0 Å². The van der Waals surface area contributed by atoms with Crippen molar-refractivity contribution in [3.05, 3.63) is 28.0 Å². The first-order chi connectivity index (χ1) is 7.99. The smallest absolute Gasteiger partial charge is 0.310 e. The van der Waals surface area contributed by atoms with Gasteiger partial charge in [-0.05, 0) is 11.6 Å². The Bertz CT molecular complexity index is 429. The van der Waals surface area contributed by atoms with E-state index >= 15 is 0 Å². The summed E-state index contributed by atoms with van der Waals surface area (Å²) in [5.41, 5.74) is 0.452. The van der Waals surface area contributed by atoms with E-state index < -0.39 is 12.4 Å². The molecular weight excluding hydrogens is 319 g/mol. The van der Waals surface area contributed by atoms with Crippen LogP contribution in [0.15, 0.2) is 6.07 Å². The number of halogens is 4. The summed E-state index contributed by atoms with van der Waals surface area (Å²) in [7, 11) is 1.23. The Labute approximate surface area is 110 Å². The Balaban J connectivity index is 3.16. The minimum atomic E-state index is -2.73. The minimum absolute atomic E-state index is 0.110. The SMILES string of the molecule is COC(=O)Cc1cc(C(F)F)c(Cl)nc1CBr. The maximum Gasteiger partial charge on any atom is 0.310 e. The molecule has 1 aromatic rings. The molecule has 17 heavy (non-hydrogen) atoms. The first kappa shape index (κ1) is 14.3. The normalized spacial score (nSPS) is 10.7. The van der Waals surface area contributed by atoms with Crippen molar-refractivity contribution in [2.24, 2.45) is 0 Å². The van der Waals surface area contributed by atoms with Gasteiger partial charge in [0.25, 0.3) is 6.43 Å². The lowest BCUT2D eigenvalue weighted by Gasteiger charge is -2.10. The van der Waals surface area contributed by atoms with Crippen LogP contribution < -0.4 is 0 Å². The van der Waals surface area contributed by atoms with E-state index in [1.165, 1.54) is 13.2 Å². The van der Waals surface area contributed by atoms with Crippen LogP contribution in [0.5, 0.6) is 0 Å². The number of carbonyl (C=O) groups is 1. The second-order valence-corrected chi connectivity index (χ2v) is 4.08. The highest BCUT2D eigenvalue weighted by molar-refractivity contribution is 9.08. The summed E-state index contributed by atoms with van der Waals surface area (Å²) < 4.78 is 29.7. The van der Waals surface area contributed by atoms with Crippen molar-refractivity contribution in [2.75, 3.05) is 7.11 Å². The third-order valence-corrected chi connectivity index (χ3v) is 2.93. The average molecular weight is 329 g/mol. The van der Waals surface area contributed by atoms with Gasteiger partial charge in [-0.25, -0.2) is 13.8 Å². The highest BCUT2D eigenvalue weighted by Gasteiger charge is 2.18. The largest absolute Gasteiger partial charge is 0.469 e. The predicted octanol–water partition coefficient (Wildman–Crippen LogP) is 3.28. The van der Waals surface area contributed by atoms with Gasteiger partial charge in [-0.15, -0.1) is 0 Å². The number of aromatic nitrogens is 1. The van der Waals surface area contributed by atoms with Gasteiger partial charge in [-0.2, -0.15) is 0 Å². The highest BCUT2D eigenvalue weighted by Crippen LogP contribution is 2.28. The monoisotopic (exact) mass is 327 g/mol. The topological polar surface area (TPSA) is 39.2 Å². The van der Waals surface area contributed by atoms with Gasteiger partial charge in [0.1, 0.15) is 5.15 Å². The number of rotatable bonds is 4. The molecule has 0 aliphatic carbocycles. The molecule has 7 heteroatoms. The Kier molecular flexibility index (Phi) is 5.27. The second-order valence-electron chi connectivity index (χ2n) is 3.16. The number of esters is 1. The number of ether oxygens (including phenoxy) is 1. The van der Waals surface area contributed by atoms with E-state index in [4.69, 9.17) is 11.6 Å². The van der Waals surface area contributed by atoms with Crippen LogP contribution in [0.3, 0.4) is 0 Å². The zero-order valence-corrected chi connectivity index (χ0v) is 11.2. The molecule has 0 aromatic carbocycles. The second kappa shape index (κ2) is 6.26. The molecule has 1 heterocycles. The van der Waals surface area contributed by atoms with Crippen LogP contribution in [0.4, 0.5) is 8.78 Å². The van der Waals surface area contributed by atoms with Gasteiger partial charge < -0.3 is 4.74 Å². The lowest BCUT2D eigenvalue weighted by Crippen LogP contribution is -2.09. The fourth-order valence-electron chi connectivity index (χ4n) is 1.23. The van der Waals surface area contributed by atoms with Gasteiger partial charge in [-0.1, -0.05) is 27.5 Å². The van der Waals surface area contributed by atoms with Gasteiger partial charge >= 0.3 is 5.97 Å². The summed E-state index contributed by atoms with van der Waals surface area (Å²) in [6.45, 7) is 0. The molecule has 94 valence electrons. The Morgan fingerprint density at radius 1 is 1.65 bits per heavy atom. The van der Waals surface area contributed by atoms with Gasteiger partial charge in [-0.3, -0.25) is 4.79 Å². The molecule has 0 aliphatic heterocycles. The van der Waals surface area contributed by atoms with E-state index in [-0.39, 0.29) is 17.1 Å². The average Bonchev–Trinajstić information content (AvgIpc) is 2.30. The third-order valence-electron chi connectivity index (χ3n) is 2.10. The summed E-state index contributed by atoms with van der Waals surface area (Å²) in [5.74, 6) is -0.517. The molecule has 0 fully saturated rings. The van der Waals surface area contributed by atoms with Crippen LogP contribution in [-0.2, 0) is 21.3 Å². The van der Waals surface area contributed by atoms with Crippen LogP contribution in [0.1, 0.15) is 23.2 Å². The lowest BCUT2D eigenvalue weighted by atomic mass is 10.1. The summed E-state index contributed by atoms with van der Waals surface area (Å²) in [4.78, 5) is 15.0. The predicted molar refractivity (Wildman–Crippen MR) is 62.6 cm³/mol. The molecule has 1 rings (SSSR count). The summed E-state index contributed by atoms with van der Waals surface area (Å²) in [6.07, 6.45) is -2.84. The van der Waals surface area contributed by atoms with Crippen molar-refractivity contribution >= 4 is 33.5 Å². The fourth-order valence-corrected chi connectivity index (χ4v) is 1.96. The molecule has 0 radical (unpaired) electrons. The van der Waals surface area contributed by atoms with Crippen molar-refractivity contribution in [1.82, 2.24) is 4.98 Å². The molecule has 0 atom stereocenters. The number of hydrogen-bond donors (Lipinski definition) is 0. The molecule has 0 bridgehead atoms. The van der Waals surface area contributed by atoms with Crippen LogP contribution in [0.2, 0.25) is 5.15 Å². The summed E-state index contributed by atoms with van der Waals surface area (Å²) in [5, 5.41) is 0.0748. The van der Waals surface area contributed by atoms with Gasteiger partial charge in [0.15, 0.2) is 0 Å². The van der Waals surface area contributed by atoms with E-state index in [0.717, 1.165) is 0 Å². The first-order valence-electron chi connectivity index (χ1n) is 4.58. The number of hydrogen-bond acceptors (Lipinski definition) is 3. The molecule has 0 amide bonds. The molecule has 0 spiro atoms. The number of nitrogens with zero attached hydrogens (tertiary/aromatic N) is 1. The lowest BCUT2D eigenvalue weighted by molar-refractivity contribution is -0.139. The van der Waals surface area contributed by atoms with Crippen LogP contribution >= 0.6 is 27.5 Å². The van der Waals surface area contributed by atoms with E-state index in [1.54, 1.807) is 0 Å². The zero-order valence-electron chi connectivity index (χ0n) is 8.84. The van der Waals surface area contributed by atoms with Crippen molar-refractivity contribution < 1.29 is 18.3 Å². The van der Waals surface area contributed by atoms with Crippen molar-refractivity contribution in [1.29, 1.82) is 0 Å². The summed E-state index contributed by atoms with van der Waals surface area (Å²) >= 11 is 8.77. The third kappa shape index (κ3) is 3.61. The van der Waals surface area contributed by atoms with E-state index in [2.05, 4.69) is 25.7 Å². The molecule has 0 aliphatic rings. The maximum atomic E-state index is 12.6. The minimum Gasteiger partial charge on any atom is -0.469 e. The molecule has 3 nitrogen and oxygen atoms in total. The van der Waals surface area contributed by atoms with E-state index in [0.29, 0.717) is 16.6 Å². The molecule has 0 unspecified atom stereocenters. The Hall–Kier alpha value is -0.750. The van der Waals surface area contributed by atoms with Crippen molar-refractivity contribution in [3.8, 4) is 0 Å². The number of carbonyl (C=O) groups excluding carboxylic acids is 1. The Morgan fingerprint density at radius 3 is 2.76 bits per heavy atom. The number of pyridine rings is 1. The molecular formula is C10H9BrClF2NO2. The molecule has 0 saturated carbocycles. The number of alkyl halides is 3. The number of methoxy groups -OCH3 is 1. The molecule has 0 N–H and O–H groups in total. The highest BCUT2D eigenvalue weighted by atomic mass is 79.9. The first-order valence-corrected chi connectivity index (χ1v) is 6.08. The van der Waals surface area contributed by atoms with Crippen LogP contribution in [0, 0.1) is 0 Å².